The minimum absolute atomic E-state index is 0.0778. The fourth-order valence-corrected chi connectivity index (χ4v) is 1.87. The van der Waals surface area contributed by atoms with Crippen LogP contribution in [-0.4, -0.2) is 11.6 Å². The lowest BCUT2D eigenvalue weighted by atomic mass is 10.2. The van der Waals surface area contributed by atoms with Crippen LogP contribution in [0.2, 0.25) is 0 Å². The predicted octanol–water partition coefficient (Wildman–Crippen LogP) is 2.89. The molecule has 2 rings (SSSR count). The molecule has 0 bridgehead atoms. The number of carbonyl (C=O) groups excluding carboxylic acids is 1. The van der Waals surface area contributed by atoms with E-state index in [1.54, 1.807) is 0 Å². The molecule has 1 aromatic carbocycles. The number of benzene rings is 1. The lowest BCUT2D eigenvalue weighted by Gasteiger charge is -2.11. The van der Waals surface area contributed by atoms with E-state index < -0.39 is 0 Å². The topological polar surface area (TPSA) is 32.7 Å². The summed E-state index contributed by atoms with van der Waals surface area (Å²) >= 11 is 0. The zero-order valence-electron chi connectivity index (χ0n) is 9.73. The van der Waals surface area contributed by atoms with Gasteiger partial charge in [-0.3, -0.25) is 4.79 Å². The number of amides is 1. The lowest BCUT2D eigenvalue weighted by Crippen LogP contribution is -2.19. The number of hydrogen-bond donors (Lipinski definition) is 0. The number of nitrogens with zero attached hydrogens (tertiary/aromatic N) is 2. The van der Waals surface area contributed by atoms with Gasteiger partial charge in [-0.05, 0) is 31.0 Å². The molecule has 0 atom stereocenters. The Morgan fingerprint density at radius 3 is 2.94 bits per heavy atom. The zero-order chi connectivity index (χ0) is 11.5. The first-order valence-corrected chi connectivity index (χ1v) is 5.66. The van der Waals surface area contributed by atoms with Gasteiger partial charge in [0.15, 0.2) is 0 Å². The summed E-state index contributed by atoms with van der Waals surface area (Å²) in [5.74, 6) is 0.0778. The van der Waals surface area contributed by atoms with Crippen molar-refractivity contribution in [3.8, 4) is 0 Å². The number of rotatable bonds is 3. The van der Waals surface area contributed by atoms with E-state index in [1.165, 1.54) is 5.01 Å². The van der Waals surface area contributed by atoms with E-state index in [1.807, 2.05) is 31.2 Å². The minimum atomic E-state index is 0.0778. The monoisotopic (exact) mass is 216 g/mol. The van der Waals surface area contributed by atoms with Crippen LogP contribution >= 0.6 is 0 Å². The van der Waals surface area contributed by atoms with Gasteiger partial charge in [0.25, 0.3) is 5.91 Å². The third kappa shape index (κ3) is 2.13. The summed E-state index contributed by atoms with van der Waals surface area (Å²) in [6.07, 6.45) is 2.42. The van der Waals surface area contributed by atoms with Gasteiger partial charge in [-0.25, -0.2) is 5.01 Å². The van der Waals surface area contributed by atoms with Crippen LogP contribution in [0.25, 0.3) is 0 Å². The molecular weight excluding hydrogens is 200 g/mol. The third-order valence-electron chi connectivity index (χ3n) is 2.62. The van der Waals surface area contributed by atoms with Crippen molar-refractivity contribution in [2.24, 2.45) is 5.10 Å². The molecule has 0 N–H and O–H groups in total. The van der Waals surface area contributed by atoms with Gasteiger partial charge in [0.1, 0.15) is 0 Å². The molecule has 0 aliphatic carbocycles. The Bertz CT molecular complexity index is 437. The third-order valence-corrected chi connectivity index (χ3v) is 2.62. The molecule has 3 heteroatoms. The molecule has 0 spiro atoms. The number of hydrogen-bond acceptors (Lipinski definition) is 2. The SMILES string of the molecule is CCCC1=NN(c2cccc(C)c2)C(=O)C1. The normalized spacial score (nSPS) is 15.5. The van der Waals surface area contributed by atoms with E-state index in [0.29, 0.717) is 6.42 Å². The van der Waals surface area contributed by atoms with E-state index in [-0.39, 0.29) is 5.91 Å². The molecule has 1 aliphatic rings. The zero-order valence-corrected chi connectivity index (χ0v) is 9.73. The molecule has 1 aliphatic heterocycles. The fourth-order valence-electron chi connectivity index (χ4n) is 1.87. The smallest absolute Gasteiger partial charge is 0.253 e. The van der Waals surface area contributed by atoms with Gasteiger partial charge in [0, 0.05) is 5.71 Å². The Morgan fingerprint density at radius 2 is 2.25 bits per heavy atom. The van der Waals surface area contributed by atoms with Crippen molar-refractivity contribution in [3.63, 3.8) is 0 Å². The number of anilines is 1. The summed E-state index contributed by atoms with van der Waals surface area (Å²) in [6.45, 7) is 4.11. The molecule has 1 amide bonds. The van der Waals surface area contributed by atoms with Crippen LogP contribution in [0.5, 0.6) is 0 Å². The molecule has 0 fully saturated rings. The van der Waals surface area contributed by atoms with Crippen molar-refractivity contribution >= 4 is 17.3 Å². The van der Waals surface area contributed by atoms with Gasteiger partial charge < -0.3 is 0 Å². The van der Waals surface area contributed by atoms with Crippen LogP contribution in [0.1, 0.15) is 31.7 Å². The molecule has 84 valence electrons. The molecule has 0 unspecified atom stereocenters. The Balaban J connectivity index is 2.24. The van der Waals surface area contributed by atoms with Gasteiger partial charge in [0.05, 0.1) is 12.1 Å². The Morgan fingerprint density at radius 1 is 1.44 bits per heavy atom. The van der Waals surface area contributed by atoms with E-state index in [9.17, 15) is 4.79 Å². The maximum atomic E-state index is 11.8. The maximum absolute atomic E-state index is 11.8. The van der Waals surface area contributed by atoms with Crippen molar-refractivity contribution in [1.82, 2.24) is 0 Å². The van der Waals surface area contributed by atoms with Crippen LogP contribution in [-0.2, 0) is 4.79 Å². The van der Waals surface area contributed by atoms with Crippen molar-refractivity contribution in [1.29, 1.82) is 0 Å². The Kier molecular flexibility index (Phi) is 3.04. The largest absolute Gasteiger partial charge is 0.272 e. The second-order valence-electron chi connectivity index (χ2n) is 4.14. The maximum Gasteiger partial charge on any atom is 0.253 e. The number of carbonyl (C=O) groups is 1. The van der Waals surface area contributed by atoms with Gasteiger partial charge in [0.2, 0.25) is 0 Å². The van der Waals surface area contributed by atoms with Gasteiger partial charge in [-0.1, -0.05) is 25.5 Å². The van der Waals surface area contributed by atoms with Crippen molar-refractivity contribution < 1.29 is 4.79 Å². The lowest BCUT2D eigenvalue weighted by molar-refractivity contribution is -0.116. The molecule has 16 heavy (non-hydrogen) atoms. The van der Waals surface area contributed by atoms with Gasteiger partial charge >= 0.3 is 0 Å². The molecule has 3 nitrogen and oxygen atoms in total. The first-order valence-electron chi connectivity index (χ1n) is 5.66. The summed E-state index contributed by atoms with van der Waals surface area (Å²) in [5.41, 5.74) is 3.01. The van der Waals surface area contributed by atoms with E-state index >= 15 is 0 Å². The van der Waals surface area contributed by atoms with Crippen LogP contribution in [0.3, 0.4) is 0 Å². The predicted molar refractivity (Wildman–Crippen MR) is 65.6 cm³/mol. The molecule has 1 aromatic rings. The number of aryl methyl sites for hydroxylation is 1. The van der Waals surface area contributed by atoms with Gasteiger partial charge in [-0.2, -0.15) is 5.10 Å². The molecule has 1 heterocycles. The molecule has 0 saturated heterocycles. The van der Waals surface area contributed by atoms with Gasteiger partial charge in [-0.15, -0.1) is 0 Å². The average Bonchev–Trinajstić information content (AvgIpc) is 2.60. The van der Waals surface area contributed by atoms with Crippen molar-refractivity contribution in [2.75, 3.05) is 5.01 Å². The summed E-state index contributed by atoms with van der Waals surface area (Å²) in [6, 6.07) is 7.87. The van der Waals surface area contributed by atoms with Crippen LogP contribution in [0.15, 0.2) is 29.4 Å². The second kappa shape index (κ2) is 4.47. The summed E-state index contributed by atoms with van der Waals surface area (Å²) in [5, 5.41) is 5.90. The van der Waals surface area contributed by atoms with Crippen molar-refractivity contribution in [3.05, 3.63) is 29.8 Å². The molecule has 0 radical (unpaired) electrons. The van der Waals surface area contributed by atoms with Crippen LogP contribution < -0.4 is 5.01 Å². The summed E-state index contributed by atoms with van der Waals surface area (Å²) < 4.78 is 0. The summed E-state index contributed by atoms with van der Waals surface area (Å²) in [4.78, 5) is 11.8. The van der Waals surface area contributed by atoms with E-state index in [0.717, 1.165) is 29.8 Å². The Labute approximate surface area is 95.8 Å². The highest BCUT2D eigenvalue weighted by atomic mass is 16.2. The molecule has 0 aromatic heterocycles. The quantitative estimate of drug-likeness (QED) is 0.764. The molecular formula is C13H16N2O. The standard InChI is InChI=1S/C13H16N2O/c1-3-5-11-9-13(16)15(14-11)12-7-4-6-10(2)8-12/h4,6-8H,3,5,9H2,1-2H3. The first-order chi connectivity index (χ1) is 7.70. The second-order valence-corrected chi connectivity index (χ2v) is 4.14. The van der Waals surface area contributed by atoms with E-state index in [4.69, 9.17) is 0 Å². The Hall–Kier alpha value is -1.64. The summed E-state index contributed by atoms with van der Waals surface area (Å²) in [7, 11) is 0. The van der Waals surface area contributed by atoms with Crippen LogP contribution in [0, 0.1) is 6.92 Å². The average molecular weight is 216 g/mol. The highest BCUT2D eigenvalue weighted by molar-refractivity contribution is 6.12. The highest BCUT2D eigenvalue weighted by Crippen LogP contribution is 2.22. The van der Waals surface area contributed by atoms with E-state index in [2.05, 4.69) is 12.0 Å². The van der Waals surface area contributed by atoms with Crippen LogP contribution in [0.4, 0.5) is 5.69 Å². The number of hydrazone groups is 1. The molecule has 0 saturated carbocycles. The first kappa shape index (κ1) is 10.9. The minimum Gasteiger partial charge on any atom is -0.272 e. The van der Waals surface area contributed by atoms with Crippen molar-refractivity contribution in [2.45, 2.75) is 33.1 Å². The highest BCUT2D eigenvalue weighted by Gasteiger charge is 2.24. The fraction of sp³-hybridized carbons (Fsp3) is 0.385.